The quantitative estimate of drug-likeness (QED) is 0.921. The van der Waals surface area contributed by atoms with Crippen molar-refractivity contribution in [1.29, 1.82) is 0 Å². The van der Waals surface area contributed by atoms with Crippen LogP contribution in [0.2, 0.25) is 5.02 Å². The summed E-state index contributed by atoms with van der Waals surface area (Å²) in [5.74, 6) is 0.799. The van der Waals surface area contributed by atoms with Crippen molar-refractivity contribution in [2.75, 3.05) is 20.1 Å². The summed E-state index contributed by atoms with van der Waals surface area (Å²) in [6.45, 7) is 2.07. The van der Waals surface area contributed by atoms with Crippen LogP contribution < -0.4 is 10.5 Å². The van der Waals surface area contributed by atoms with Crippen LogP contribution in [-0.2, 0) is 6.42 Å². The van der Waals surface area contributed by atoms with E-state index in [0.29, 0.717) is 5.02 Å². The molecule has 1 aromatic carbocycles. The summed E-state index contributed by atoms with van der Waals surface area (Å²) in [5.41, 5.74) is 7.37. The molecule has 0 aromatic heterocycles. The van der Waals surface area contributed by atoms with Gasteiger partial charge in [0.2, 0.25) is 0 Å². The van der Waals surface area contributed by atoms with Gasteiger partial charge >= 0.3 is 0 Å². The fraction of sp³-hybridized carbons (Fsp3) is 0.600. The summed E-state index contributed by atoms with van der Waals surface area (Å²) < 4.78 is 5.97. The van der Waals surface area contributed by atoms with E-state index in [9.17, 15) is 0 Å². The van der Waals surface area contributed by atoms with E-state index < -0.39 is 0 Å². The van der Waals surface area contributed by atoms with Crippen LogP contribution in [0.5, 0.6) is 5.75 Å². The zero-order valence-corrected chi connectivity index (χ0v) is 12.1. The largest absolute Gasteiger partial charge is 0.487 e. The molecule has 2 N–H and O–H groups in total. The molecule has 1 heterocycles. The van der Waals surface area contributed by atoms with Crippen molar-refractivity contribution in [1.82, 2.24) is 4.90 Å². The van der Waals surface area contributed by atoms with E-state index in [0.717, 1.165) is 44.5 Å². The molecular weight excluding hydrogens is 260 g/mol. The third-order valence-corrected chi connectivity index (χ3v) is 4.38. The van der Waals surface area contributed by atoms with Gasteiger partial charge in [-0.15, -0.1) is 0 Å². The molecule has 1 aromatic rings. The molecule has 19 heavy (non-hydrogen) atoms. The van der Waals surface area contributed by atoms with Gasteiger partial charge in [0.1, 0.15) is 11.9 Å². The van der Waals surface area contributed by atoms with Crippen molar-refractivity contribution in [2.45, 2.75) is 37.3 Å². The molecule has 1 saturated carbocycles. The van der Waals surface area contributed by atoms with Gasteiger partial charge in [-0.05, 0) is 50.4 Å². The Morgan fingerprint density at radius 2 is 2.26 bits per heavy atom. The third kappa shape index (κ3) is 3.22. The second-order valence-corrected chi connectivity index (χ2v) is 6.50. The number of likely N-dealkylation sites (N-methyl/N-ethyl adjacent to an activating group) is 1. The molecule has 1 atom stereocenters. The number of nitrogens with zero attached hydrogens (tertiary/aromatic N) is 1. The molecule has 2 aliphatic rings. The predicted octanol–water partition coefficient (Wildman–Crippen LogP) is 2.46. The predicted molar refractivity (Wildman–Crippen MR) is 77.8 cm³/mol. The Morgan fingerprint density at radius 3 is 2.84 bits per heavy atom. The maximum atomic E-state index is 6.31. The van der Waals surface area contributed by atoms with Gasteiger partial charge in [-0.25, -0.2) is 0 Å². The number of halogens is 1. The lowest BCUT2D eigenvalue weighted by Gasteiger charge is -2.16. The number of likely N-dealkylation sites (tertiary alicyclic amines) is 1. The Bertz CT molecular complexity index is 473. The average Bonchev–Trinajstić information content (AvgIpc) is 2.92. The Kier molecular flexibility index (Phi) is 3.46. The van der Waals surface area contributed by atoms with Crippen molar-refractivity contribution >= 4 is 11.6 Å². The molecule has 1 saturated heterocycles. The molecule has 1 unspecified atom stereocenters. The summed E-state index contributed by atoms with van der Waals surface area (Å²) >= 11 is 6.31. The maximum Gasteiger partial charge on any atom is 0.138 e. The van der Waals surface area contributed by atoms with Crippen LogP contribution in [0.15, 0.2) is 18.2 Å². The molecule has 0 amide bonds. The van der Waals surface area contributed by atoms with E-state index in [-0.39, 0.29) is 11.6 Å². The first kappa shape index (κ1) is 13.2. The first-order valence-corrected chi connectivity index (χ1v) is 7.34. The minimum absolute atomic E-state index is 0.0276. The first-order valence-electron chi connectivity index (χ1n) is 6.97. The van der Waals surface area contributed by atoms with Crippen LogP contribution in [0.1, 0.15) is 24.8 Å². The summed E-state index contributed by atoms with van der Waals surface area (Å²) in [6.07, 6.45) is 4.49. The molecule has 2 fully saturated rings. The molecule has 4 heteroatoms. The Balaban J connectivity index is 1.65. The minimum Gasteiger partial charge on any atom is -0.487 e. The van der Waals surface area contributed by atoms with Gasteiger partial charge in [0.15, 0.2) is 0 Å². The number of benzene rings is 1. The van der Waals surface area contributed by atoms with Crippen molar-refractivity contribution in [2.24, 2.45) is 5.73 Å². The van der Waals surface area contributed by atoms with Crippen LogP contribution >= 0.6 is 11.6 Å². The summed E-state index contributed by atoms with van der Waals surface area (Å²) in [6, 6.07) is 6.08. The molecule has 1 aliphatic heterocycles. The van der Waals surface area contributed by atoms with E-state index in [1.165, 1.54) is 5.56 Å². The molecule has 0 bridgehead atoms. The van der Waals surface area contributed by atoms with Crippen molar-refractivity contribution < 1.29 is 4.74 Å². The van der Waals surface area contributed by atoms with E-state index in [2.05, 4.69) is 18.0 Å². The van der Waals surface area contributed by atoms with Crippen molar-refractivity contribution in [3.63, 3.8) is 0 Å². The van der Waals surface area contributed by atoms with E-state index in [1.807, 2.05) is 12.1 Å². The fourth-order valence-electron chi connectivity index (χ4n) is 2.66. The van der Waals surface area contributed by atoms with Crippen LogP contribution in [0.25, 0.3) is 0 Å². The van der Waals surface area contributed by atoms with Gasteiger partial charge in [0.05, 0.1) is 5.02 Å². The van der Waals surface area contributed by atoms with Gasteiger partial charge < -0.3 is 15.4 Å². The minimum atomic E-state index is 0.0276. The summed E-state index contributed by atoms with van der Waals surface area (Å²) in [7, 11) is 2.12. The normalized spacial score (nSPS) is 25.5. The molecule has 3 rings (SSSR count). The lowest BCUT2D eigenvalue weighted by Crippen LogP contribution is -2.24. The molecule has 104 valence electrons. The Morgan fingerprint density at radius 1 is 1.47 bits per heavy atom. The van der Waals surface area contributed by atoms with Gasteiger partial charge in [-0.1, -0.05) is 17.7 Å². The lowest BCUT2D eigenvalue weighted by molar-refractivity contribution is 0.208. The van der Waals surface area contributed by atoms with Crippen molar-refractivity contribution in [3.8, 4) is 5.75 Å². The van der Waals surface area contributed by atoms with Crippen LogP contribution in [0, 0.1) is 0 Å². The van der Waals surface area contributed by atoms with Crippen LogP contribution in [-0.4, -0.2) is 36.7 Å². The summed E-state index contributed by atoms with van der Waals surface area (Å²) in [4.78, 5) is 2.28. The topological polar surface area (TPSA) is 38.5 Å². The van der Waals surface area contributed by atoms with Crippen LogP contribution in [0.4, 0.5) is 0 Å². The monoisotopic (exact) mass is 280 g/mol. The third-order valence-electron chi connectivity index (χ3n) is 4.09. The zero-order valence-electron chi connectivity index (χ0n) is 11.4. The van der Waals surface area contributed by atoms with Crippen LogP contribution in [0.3, 0.4) is 0 Å². The first-order chi connectivity index (χ1) is 9.04. The van der Waals surface area contributed by atoms with E-state index >= 15 is 0 Å². The highest BCUT2D eigenvalue weighted by Gasteiger charge is 2.38. The molecule has 1 aliphatic carbocycles. The smallest absolute Gasteiger partial charge is 0.138 e. The standard InChI is InChI=1S/C15H21ClN2O/c1-18-7-4-12(10-18)19-14-3-2-11(8-13(14)16)9-15(17)5-6-15/h2-3,8,12H,4-7,9-10,17H2,1H3. The number of hydrogen-bond donors (Lipinski definition) is 1. The van der Waals surface area contributed by atoms with Gasteiger partial charge in [-0.2, -0.15) is 0 Å². The molecule has 0 spiro atoms. The number of rotatable bonds is 4. The van der Waals surface area contributed by atoms with E-state index in [1.54, 1.807) is 0 Å². The maximum absolute atomic E-state index is 6.31. The number of nitrogens with two attached hydrogens (primary N) is 1. The Labute approximate surface area is 119 Å². The highest BCUT2D eigenvalue weighted by molar-refractivity contribution is 6.32. The van der Waals surface area contributed by atoms with Gasteiger partial charge in [0.25, 0.3) is 0 Å². The Hall–Kier alpha value is -0.770. The highest BCUT2D eigenvalue weighted by atomic mass is 35.5. The second-order valence-electron chi connectivity index (χ2n) is 6.09. The SMILES string of the molecule is CN1CCC(Oc2ccc(CC3(N)CC3)cc2Cl)C1. The lowest BCUT2D eigenvalue weighted by atomic mass is 10.1. The van der Waals surface area contributed by atoms with Crippen molar-refractivity contribution in [3.05, 3.63) is 28.8 Å². The molecular formula is C15H21ClN2O. The van der Waals surface area contributed by atoms with E-state index in [4.69, 9.17) is 22.1 Å². The average molecular weight is 281 g/mol. The highest BCUT2D eigenvalue weighted by Crippen LogP contribution is 2.37. The number of hydrogen-bond acceptors (Lipinski definition) is 3. The molecule has 0 radical (unpaired) electrons. The fourth-order valence-corrected chi connectivity index (χ4v) is 2.91. The summed E-state index contributed by atoms with van der Waals surface area (Å²) in [5, 5.41) is 0.705. The number of ether oxygens (including phenoxy) is 1. The second kappa shape index (κ2) is 4.97. The molecule has 3 nitrogen and oxygen atoms in total. The zero-order chi connectivity index (χ0) is 13.5. The van der Waals surface area contributed by atoms with Gasteiger partial charge in [0, 0.05) is 18.6 Å². The van der Waals surface area contributed by atoms with Gasteiger partial charge in [-0.3, -0.25) is 0 Å².